The molecule has 0 aliphatic carbocycles. The standard InChI is InChI=1S/C42H57N3O9/c1-10-25(2)34-38(48)43-31(23-28-19-21-30(46)22-20-28)37(47)44-36(41(5,6)51)39(49)53-35(29-17-12-11-13-18-29)27(4)16-14-15-26(3)32(52-9)24-33-42(7,54-33)40(50)45(34)8/h11-22,25,27,31-36,46,51H,10,23-24H2,1-9H3,(H,43,48)(H,44,47)/b16-14+,26-15+/t25-,27+,31?,32+,33-,34-,35?,36+,42+/m0/s1. The number of fused-ring (bicyclic) bond motifs is 1. The Bertz CT molecular complexity index is 1690. The summed E-state index contributed by atoms with van der Waals surface area (Å²) in [5.74, 6) is -3.22. The Labute approximate surface area is 318 Å². The number of aliphatic hydroxyl groups is 1. The molecular formula is C42H57N3O9. The summed E-state index contributed by atoms with van der Waals surface area (Å²) in [6.07, 6.45) is 4.96. The molecule has 1 fully saturated rings. The Kier molecular flexibility index (Phi) is 13.9. The van der Waals surface area contributed by atoms with E-state index in [0.29, 0.717) is 24.0 Å². The molecule has 12 nitrogen and oxygen atoms in total. The Hall–Kier alpha value is -4.52. The maximum atomic E-state index is 14.3. The van der Waals surface area contributed by atoms with E-state index in [1.54, 1.807) is 33.2 Å². The predicted octanol–water partition coefficient (Wildman–Crippen LogP) is 4.55. The minimum absolute atomic E-state index is 0.0230. The van der Waals surface area contributed by atoms with Crippen LogP contribution in [-0.4, -0.2) is 94.5 Å². The van der Waals surface area contributed by atoms with Crippen molar-refractivity contribution in [2.75, 3.05) is 14.2 Å². The number of amides is 3. The molecule has 0 radical (unpaired) electrons. The van der Waals surface area contributed by atoms with E-state index >= 15 is 0 Å². The number of hydrogen-bond acceptors (Lipinski definition) is 9. The normalized spacial score (nSPS) is 31.4. The van der Waals surface area contributed by atoms with Crippen LogP contribution >= 0.6 is 0 Å². The van der Waals surface area contributed by atoms with Gasteiger partial charge in [0.2, 0.25) is 11.8 Å². The van der Waals surface area contributed by atoms with Gasteiger partial charge in [0.15, 0.2) is 11.6 Å². The van der Waals surface area contributed by atoms with Crippen LogP contribution in [-0.2, 0) is 39.8 Å². The minimum Gasteiger partial charge on any atom is -0.508 e. The van der Waals surface area contributed by atoms with Crippen LogP contribution in [0.2, 0.25) is 0 Å². The number of nitrogens with one attached hydrogen (secondary N) is 2. The van der Waals surface area contributed by atoms with Gasteiger partial charge in [0.1, 0.15) is 23.9 Å². The second-order valence-electron chi connectivity index (χ2n) is 15.4. The minimum atomic E-state index is -1.79. The number of carbonyl (C=O) groups excluding carboxylic acids is 4. The van der Waals surface area contributed by atoms with Crippen LogP contribution in [0.1, 0.15) is 78.5 Å². The van der Waals surface area contributed by atoms with E-state index in [1.807, 2.05) is 76.3 Å². The van der Waals surface area contributed by atoms with Crippen molar-refractivity contribution in [3.63, 3.8) is 0 Å². The summed E-state index contributed by atoms with van der Waals surface area (Å²) in [5.41, 5.74) is -0.768. The van der Waals surface area contributed by atoms with Crippen LogP contribution in [0.3, 0.4) is 0 Å². The van der Waals surface area contributed by atoms with Crippen molar-refractivity contribution in [2.45, 2.75) is 115 Å². The average Bonchev–Trinajstić information content (AvgIpc) is 3.80. The van der Waals surface area contributed by atoms with Gasteiger partial charge in [-0.25, -0.2) is 4.79 Å². The Morgan fingerprint density at radius 2 is 1.69 bits per heavy atom. The number of epoxide rings is 1. The molecule has 4 rings (SSSR count). The Morgan fingerprint density at radius 1 is 1.04 bits per heavy atom. The number of methoxy groups -OCH3 is 1. The molecular weight excluding hydrogens is 690 g/mol. The summed E-state index contributed by atoms with van der Waals surface area (Å²) in [6, 6.07) is 11.6. The van der Waals surface area contributed by atoms with E-state index in [-0.39, 0.29) is 36.0 Å². The molecule has 2 aliphatic rings. The van der Waals surface area contributed by atoms with Crippen molar-refractivity contribution in [3.05, 3.63) is 89.5 Å². The number of allylic oxidation sites excluding steroid dienone is 2. The predicted molar refractivity (Wildman–Crippen MR) is 204 cm³/mol. The number of cyclic esters (lactones) is 1. The van der Waals surface area contributed by atoms with E-state index in [2.05, 4.69) is 10.6 Å². The summed E-state index contributed by atoms with van der Waals surface area (Å²) in [4.78, 5) is 58.1. The smallest absolute Gasteiger partial charge is 0.332 e. The van der Waals surface area contributed by atoms with Gasteiger partial charge >= 0.3 is 5.97 Å². The van der Waals surface area contributed by atoms with Crippen molar-refractivity contribution < 1.29 is 43.6 Å². The molecule has 2 unspecified atom stereocenters. The number of esters is 1. The summed E-state index contributed by atoms with van der Waals surface area (Å²) in [7, 11) is 3.16. The highest BCUT2D eigenvalue weighted by Crippen LogP contribution is 2.42. The highest BCUT2D eigenvalue weighted by Gasteiger charge is 2.61. The second-order valence-corrected chi connectivity index (χ2v) is 15.4. The highest BCUT2D eigenvalue weighted by atomic mass is 16.6. The molecule has 294 valence electrons. The largest absolute Gasteiger partial charge is 0.508 e. The van der Waals surface area contributed by atoms with Crippen molar-refractivity contribution in [1.29, 1.82) is 0 Å². The lowest BCUT2D eigenvalue weighted by atomic mass is 9.93. The summed E-state index contributed by atoms with van der Waals surface area (Å²) in [5, 5.41) is 26.7. The van der Waals surface area contributed by atoms with Crippen LogP contribution in [0.25, 0.3) is 0 Å². The van der Waals surface area contributed by atoms with Gasteiger partial charge in [-0.15, -0.1) is 0 Å². The SMILES string of the molecule is CC[C@H](C)[C@H]1C(=O)NC(Cc2ccc(O)cc2)C(=O)N[C@@H](C(C)(C)O)C(=O)OC(c2ccccc2)[C@H](C)/C=C/C=C(\C)[C@H](OC)C[C@@H]2O[C@@]2(C)C(=O)N1C. The molecule has 12 heteroatoms. The summed E-state index contributed by atoms with van der Waals surface area (Å²) in [6.45, 7) is 12.1. The third kappa shape index (κ3) is 10.2. The molecule has 2 aromatic carbocycles. The van der Waals surface area contributed by atoms with E-state index in [1.165, 1.54) is 30.9 Å². The zero-order chi connectivity index (χ0) is 40.0. The van der Waals surface area contributed by atoms with Gasteiger partial charge in [-0.2, -0.15) is 0 Å². The molecule has 54 heavy (non-hydrogen) atoms. The van der Waals surface area contributed by atoms with Gasteiger partial charge in [-0.05, 0) is 62.4 Å². The second kappa shape index (κ2) is 17.7. The lowest BCUT2D eigenvalue weighted by molar-refractivity contribution is -0.162. The van der Waals surface area contributed by atoms with Gasteiger partial charge in [0.25, 0.3) is 5.91 Å². The number of hydrogen-bond donors (Lipinski definition) is 4. The lowest BCUT2D eigenvalue weighted by Crippen LogP contribution is -2.61. The number of nitrogens with zero attached hydrogens (tertiary/aromatic N) is 1. The molecule has 2 heterocycles. The average molecular weight is 748 g/mol. The van der Waals surface area contributed by atoms with Gasteiger partial charge in [0, 0.05) is 32.9 Å². The summed E-state index contributed by atoms with van der Waals surface area (Å²) < 4.78 is 18.0. The van der Waals surface area contributed by atoms with Crippen molar-refractivity contribution in [3.8, 4) is 5.75 Å². The monoisotopic (exact) mass is 747 g/mol. The molecule has 2 aliphatic heterocycles. The van der Waals surface area contributed by atoms with Crippen LogP contribution in [0, 0.1) is 11.8 Å². The molecule has 0 spiro atoms. The zero-order valence-corrected chi connectivity index (χ0v) is 32.9. The van der Waals surface area contributed by atoms with Gasteiger partial charge < -0.3 is 40.0 Å². The quantitative estimate of drug-likeness (QED) is 0.235. The number of ether oxygens (including phenoxy) is 3. The first kappa shape index (κ1) is 42.2. The first-order chi connectivity index (χ1) is 25.4. The first-order valence-corrected chi connectivity index (χ1v) is 18.6. The molecule has 0 saturated carbocycles. The maximum absolute atomic E-state index is 14.3. The number of likely N-dealkylation sites (N-methyl/N-ethyl adjacent to an activating group) is 1. The fourth-order valence-electron chi connectivity index (χ4n) is 6.91. The number of benzene rings is 2. The van der Waals surface area contributed by atoms with Crippen LogP contribution < -0.4 is 10.6 Å². The molecule has 9 atom stereocenters. The summed E-state index contributed by atoms with van der Waals surface area (Å²) >= 11 is 0. The fraction of sp³-hybridized carbons (Fsp3) is 0.524. The molecule has 2 aromatic rings. The van der Waals surface area contributed by atoms with Gasteiger partial charge in [-0.3, -0.25) is 14.4 Å². The van der Waals surface area contributed by atoms with Crippen molar-refractivity contribution >= 4 is 23.7 Å². The molecule has 3 amide bonds. The third-order valence-electron chi connectivity index (χ3n) is 10.6. The Balaban J connectivity index is 1.81. The zero-order valence-electron chi connectivity index (χ0n) is 32.9. The first-order valence-electron chi connectivity index (χ1n) is 18.6. The number of aromatic hydroxyl groups is 1. The molecule has 4 N–H and O–H groups in total. The van der Waals surface area contributed by atoms with E-state index in [0.717, 1.165) is 5.57 Å². The Morgan fingerprint density at radius 3 is 2.28 bits per heavy atom. The van der Waals surface area contributed by atoms with Crippen molar-refractivity contribution in [2.24, 2.45) is 11.8 Å². The van der Waals surface area contributed by atoms with Crippen LogP contribution in [0.5, 0.6) is 5.75 Å². The maximum Gasteiger partial charge on any atom is 0.332 e. The fourth-order valence-corrected chi connectivity index (χ4v) is 6.91. The molecule has 0 bridgehead atoms. The highest BCUT2D eigenvalue weighted by molar-refractivity contribution is 5.96. The number of carbonyl (C=O) groups is 4. The number of phenolic OH excluding ortho intramolecular Hbond substituents is 1. The number of rotatable bonds is 7. The lowest BCUT2D eigenvalue weighted by Gasteiger charge is -2.35. The van der Waals surface area contributed by atoms with E-state index in [9.17, 15) is 29.4 Å². The van der Waals surface area contributed by atoms with E-state index < -0.39 is 59.3 Å². The van der Waals surface area contributed by atoms with Crippen molar-refractivity contribution in [1.82, 2.24) is 15.5 Å². The van der Waals surface area contributed by atoms with Crippen LogP contribution in [0.15, 0.2) is 78.4 Å². The number of phenols is 1. The van der Waals surface area contributed by atoms with E-state index in [4.69, 9.17) is 14.2 Å². The topological polar surface area (TPSA) is 167 Å². The van der Waals surface area contributed by atoms with Gasteiger partial charge in [-0.1, -0.05) is 87.9 Å². The molecule has 1 saturated heterocycles. The molecule has 0 aromatic heterocycles. The van der Waals surface area contributed by atoms with Gasteiger partial charge in [0.05, 0.1) is 17.8 Å². The van der Waals surface area contributed by atoms with Crippen LogP contribution in [0.4, 0.5) is 0 Å². The third-order valence-corrected chi connectivity index (χ3v) is 10.6.